The van der Waals surface area contributed by atoms with Gasteiger partial charge in [-0.2, -0.15) is 0 Å². The van der Waals surface area contributed by atoms with Crippen molar-refractivity contribution in [3.8, 4) is 0 Å². The van der Waals surface area contributed by atoms with Crippen LogP contribution in [-0.4, -0.2) is 40.6 Å². The van der Waals surface area contributed by atoms with Crippen molar-refractivity contribution in [1.29, 1.82) is 0 Å². The third-order valence-corrected chi connectivity index (χ3v) is 3.83. The van der Waals surface area contributed by atoms with Gasteiger partial charge in [-0.25, -0.2) is 4.98 Å². The second-order valence-corrected chi connectivity index (χ2v) is 5.16. The van der Waals surface area contributed by atoms with E-state index < -0.39 is 0 Å². The highest BCUT2D eigenvalue weighted by Crippen LogP contribution is 2.15. The van der Waals surface area contributed by atoms with Gasteiger partial charge in [-0.3, -0.25) is 0 Å². The van der Waals surface area contributed by atoms with Crippen molar-refractivity contribution in [2.45, 2.75) is 38.3 Å². The zero-order chi connectivity index (χ0) is 12.3. The number of hydrogen-bond donors (Lipinski definition) is 1. The minimum Gasteiger partial charge on any atom is -0.337 e. The predicted octanol–water partition coefficient (Wildman–Crippen LogP) is 1.55. The summed E-state index contributed by atoms with van der Waals surface area (Å²) in [5, 5.41) is 3.60. The molecule has 17 heavy (non-hydrogen) atoms. The van der Waals surface area contributed by atoms with Gasteiger partial charge in [0.15, 0.2) is 0 Å². The first-order chi connectivity index (χ1) is 8.18. The van der Waals surface area contributed by atoms with Gasteiger partial charge < -0.3 is 14.8 Å². The largest absolute Gasteiger partial charge is 0.337 e. The highest BCUT2D eigenvalue weighted by atomic mass is 15.2. The third kappa shape index (κ3) is 3.07. The molecule has 2 rings (SSSR count). The molecule has 1 aromatic rings. The molecule has 1 saturated heterocycles. The number of likely N-dealkylation sites (tertiary alicyclic amines) is 1. The Morgan fingerprint density at radius 1 is 1.47 bits per heavy atom. The molecule has 0 bridgehead atoms. The molecule has 2 unspecified atom stereocenters. The maximum atomic E-state index is 4.39. The van der Waals surface area contributed by atoms with E-state index in [1.807, 2.05) is 19.4 Å². The summed E-state index contributed by atoms with van der Waals surface area (Å²) in [5.41, 5.74) is 0. The molecule has 1 aliphatic rings. The number of rotatable bonds is 4. The minimum atomic E-state index is 0.324. The second kappa shape index (κ2) is 5.65. The molecule has 0 aromatic carbocycles. The lowest BCUT2D eigenvalue weighted by Crippen LogP contribution is -2.43. The van der Waals surface area contributed by atoms with Crippen molar-refractivity contribution >= 4 is 0 Å². The highest BCUT2D eigenvalue weighted by molar-refractivity contribution is 4.97. The summed E-state index contributed by atoms with van der Waals surface area (Å²) in [5.74, 6) is 1.11. The summed E-state index contributed by atoms with van der Waals surface area (Å²) in [7, 11) is 4.28. The molecule has 1 N–H and O–H groups in total. The Balaban J connectivity index is 1.83. The zero-order valence-electron chi connectivity index (χ0n) is 11.2. The van der Waals surface area contributed by atoms with Gasteiger partial charge >= 0.3 is 0 Å². The van der Waals surface area contributed by atoms with Crippen LogP contribution in [0, 0.1) is 0 Å². The summed E-state index contributed by atoms with van der Waals surface area (Å²) in [6.07, 6.45) is 7.90. The standard InChI is InChI=1S/C13H24N4/c1-11(13-14-7-9-17(13)3)15-10-12-6-4-5-8-16(12)2/h7,9,11-12,15H,4-6,8,10H2,1-3H3. The molecule has 96 valence electrons. The zero-order valence-corrected chi connectivity index (χ0v) is 11.2. The maximum absolute atomic E-state index is 4.39. The molecule has 4 heteroatoms. The van der Waals surface area contributed by atoms with Crippen molar-refractivity contribution in [1.82, 2.24) is 19.8 Å². The Labute approximate surface area is 104 Å². The molecule has 2 atom stereocenters. The summed E-state index contributed by atoms with van der Waals surface area (Å²) in [6, 6.07) is 1.01. The molecule has 1 aromatic heterocycles. The van der Waals surface area contributed by atoms with E-state index in [1.54, 1.807) is 0 Å². The van der Waals surface area contributed by atoms with Gasteiger partial charge in [0.25, 0.3) is 0 Å². The lowest BCUT2D eigenvalue weighted by atomic mass is 10.0. The van der Waals surface area contributed by atoms with Crippen molar-refractivity contribution in [3.05, 3.63) is 18.2 Å². The normalized spacial score (nSPS) is 23.8. The number of imidazole rings is 1. The van der Waals surface area contributed by atoms with Crippen LogP contribution in [0.3, 0.4) is 0 Å². The molecule has 1 aliphatic heterocycles. The lowest BCUT2D eigenvalue weighted by molar-refractivity contribution is 0.178. The van der Waals surface area contributed by atoms with Gasteiger partial charge in [-0.15, -0.1) is 0 Å². The molecular weight excluding hydrogens is 212 g/mol. The third-order valence-electron chi connectivity index (χ3n) is 3.83. The van der Waals surface area contributed by atoms with Crippen LogP contribution in [0.25, 0.3) is 0 Å². The Morgan fingerprint density at radius 2 is 2.29 bits per heavy atom. The van der Waals surface area contributed by atoms with Crippen LogP contribution >= 0.6 is 0 Å². The Bertz CT molecular complexity index is 347. The van der Waals surface area contributed by atoms with E-state index in [2.05, 4.69) is 33.7 Å². The van der Waals surface area contributed by atoms with Gasteiger partial charge in [-0.05, 0) is 33.4 Å². The molecule has 0 amide bonds. The first kappa shape index (κ1) is 12.6. The quantitative estimate of drug-likeness (QED) is 0.861. The van der Waals surface area contributed by atoms with E-state index in [0.717, 1.165) is 12.4 Å². The number of piperidine rings is 1. The average molecular weight is 236 g/mol. The fourth-order valence-electron chi connectivity index (χ4n) is 2.60. The van der Waals surface area contributed by atoms with E-state index in [-0.39, 0.29) is 0 Å². The number of aromatic nitrogens is 2. The van der Waals surface area contributed by atoms with Crippen LogP contribution in [-0.2, 0) is 7.05 Å². The smallest absolute Gasteiger partial charge is 0.125 e. The fraction of sp³-hybridized carbons (Fsp3) is 0.769. The second-order valence-electron chi connectivity index (χ2n) is 5.16. The van der Waals surface area contributed by atoms with E-state index in [0.29, 0.717) is 12.1 Å². The topological polar surface area (TPSA) is 33.1 Å². The minimum absolute atomic E-state index is 0.324. The first-order valence-corrected chi connectivity index (χ1v) is 6.59. The monoisotopic (exact) mass is 236 g/mol. The van der Waals surface area contributed by atoms with Crippen LogP contribution in [0.15, 0.2) is 12.4 Å². The number of nitrogens with one attached hydrogen (secondary N) is 1. The molecule has 1 fully saturated rings. The molecule has 0 spiro atoms. The number of aryl methyl sites for hydroxylation is 1. The predicted molar refractivity (Wildman–Crippen MR) is 69.9 cm³/mol. The molecule has 2 heterocycles. The van der Waals surface area contributed by atoms with E-state index in [9.17, 15) is 0 Å². The summed E-state index contributed by atoms with van der Waals surface area (Å²) in [6.45, 7) is 4.48. The van der Waals surface area contributed by atoms with E-state index in [4.69, 9.17) is 0 Å². The van der Waals surface area contributed by atoms with Crippen LogP contribution in [0.2, 0.25) is 0 Å². The van der Waals surface area contributed by atoms with Gasteiger partial charge in [0.2, 0.25) is 0 Å². The number of nitrogens with zero attached hydrogens (tertiary/aromatic N) is 3. The summed E-state index contributed by atoms with van der Waals surface area (Å²) in [4.78, 5) is 6.86. The van der Waals surface area contributed by atoms with Gasteiger partial charge in [0.05, 0.1) is 6.04 Å². The average Bonchev–Trinajstić information content (AvgIpc) is 2.74. The Hall–Kier alpha value is -0.870. The molecule has 0 aliphatic carbocycles. The SMILES string of the molecule is CC(NCC1CCCCN1C)c1nccn1C. The molecule has 4 nitrogen and oxygen atoms in total. The van der Waals surface area contributed by atoms with Gasteiger partial charge in [-0.1, -0.05) is 6.42 Å². The Kier molecular flexibility index (Phi) is 4.18. The van der Waals surface area contributed by atoms with Crippen molar-refractivity contribution in [2.75, 3.05) is 20.1 Å². The highest BCUT2D eigenvalue weighted by Gasteiger charge is 2.19. The van der Waals surface area contributed by atoms with Crippen molar-refractivity contribution < 1.29 is 0 Å². The first-order valence-electron chi connectivity index (χ1n) is 6.59. The summed E-state index contributed by atoms with van der Waals surface area (Å²) >= 11 is 0. The van der Waals surface area contributed by atoms with Gasteiger partial charge in [0.1, 0.15) is 5.82 Å². The molecule has 0 radical (unpaired) electrons. The van der Waals surface area contributed by atoms with Crippen molar-refractivity contribution in [2.24, 2.45) is 7.05 Å². The van der Waals surface area contributed by atoms with Crippen LogP contribution in [0.5, 0.6) is 0 Å². The Morgan fingerprint density at radius 3 is 2.94 bits per heavy atom. The van der Waals surface area contributed by atoms with Crippen LogP contribution in [0.4, 0.5) is 0 Å². The van der Waals surface area contributed by atoms with E-state index >= 15 is 0 Å². The van der Waals surface area contributed by atoms with Crippen molar-refractivity contribution in [3.63, 3.8) is 0 Å². The van der Waals surface area contributed by atoms with Crippen LogP contribution < -0.4 is 5.32 Å². The lowest BCUT2D eigenvalue weighted by Gasteiger charge is -2.33. The molecular formula is C13H24N4. The fourth-order valence-corrected chi connectivity index (χ4v) is 2.60. The van der Waals surface area contributed by atoms with Gasteiger partial charge in [0, 0.05) is 32.0 Å². The molecule has 0 saturated carbocycles. The maximum Gasteiger partial charge on any atom is 0.125 e. The number of hydrogen-bond acceptors (Lipinski definition) is 3. The van der Waals surface area contributed by atoms with E-state index in [1.165, 1.54) is 25.8 Å². The number of likely N-dealkylation sites (N-methyl/N-ethyl adjacent to an activating group) is 1. The van der Waals surface area contributed by atoms with Crippen LogP contribution in [0.1, 0.15) is 38.1 Å². The summed E-state index contributed by atoms with van der Waals surface area (Å²) < 4.78 is 2.09.